The Kier molecular flexibility index (Phi) is 7.52. The maximum Gasteiger partial charge on any atom is 0.191 e. The summed E-state index contributed by atoms with van der Waals surface area (Å²) in [6.45, 7) is 7.55. The summed E-state index contributed by atoms with van der Waals surface area (Å²) in [6.07, 6.45) is 7.00. The molecular formula is C19H31N5O. The highest BCUT2D eigenvalue weighted by molar-refractivity contribution is 5.79. The van der Waals surface area contributed by atoms with E-state index in [1.54, 1.807) is 0 Å². The lowest BCUT2D eigenvalue weighted by atomic mass is 9.85. The molecule has 1 aliphatic heterocycles. The van der Waals surface area contributed by atoms with Crippen molar-refractivity contribution in [3.05, 3.63) is 30.1 Å². The summed E-state index contributed by atoms with van der Waals surface area (Å²) in [5.41, 5.74) is 1.00. The molecule has 0 unspecified atom stereocenters. The molecule has 2 N–H and O–H groups in total. The van der Waals surface area contributed by atoms with E-state index >= 15 is 0 Å². The minimum atomic E-state index is 0.615. The van der Waals surface area contributed by atoms with Gasteiger partial charge in [0.25, 0.3) is 0 Å². The van der Waals surface area contributed by atoms with Crippen LogP contribution < -0.4 is 10.6 Å². The molecule has 2 fully saturated rings. The smallest absolute Gasteiger partial charge is 0.191 e. The van der Waals surface area contributed by atoms with Gasteiger partial charge in [-0.2, -0.15) is 0 Å². The lowest BCUT2D eigenvalue weighted by molar-refractivity contribution is 0.0376. The fourth-order valence-electron chi connectivity index (χ4n) is 3.10. The number of guanidine groups is 1. The van der Waals surface area contributed by atoms with E-state index in [-0.39, 0.29) is 0 Å². The Hall–Kier alpha value is -1.66. The van der Waals surface area contributed by atoms with Gasteiger partial charge < -0.3 is 15.4 Å². The van der Waals surface area contributed by atoms with Gasteiger partial charge in [-0.3, -0.25) is 9.88 Å². The van der Waals surface area contributed by atoms with Gasteiger partial charge in [0.15, 0.2) is 5.96 Å². The molecule has 1 saturated heterocycles. The summed E-state index contributed by atoms with van der Waals surface area (Å²) in [4.78, 5) is 11.5. The number of morpholine rings is 1. The summed E-state index contributed by atoms with van der Waals surface area (Å²) in [7, 11) is 0. The van der Waals surface area contributed by atoms with Crippen LogP contribution in [0.4, 0.5) is 0 Å². The maximum atomic E-state index is 5.40. The number of nitrogens with zero attached hydrogens (tertiary/aromatic N) is 3. The average molecular weight is 345 g/mol. The van der Waals surface area contributed by atoms with Gasteiger partial charge in [0, 0.05) is 32.4 Å². The van der Waals surface area contributed by atoms with Crippen LogP contribution in [0.25, 0.3) is 0 Å². The molecule has 0 radical (unpaired) electrons. The molecular weight excluding hydrogens is 314 g/mol. The highest BCUT2D eigenvalue weighted by Crippen LogP contribution is 2.25. The van der Waals surface area contributed by atoms with Gasteiger partial charge in [-0.1, -0.05) is 12.5 Å². The topological polar surface area (TPSA) is 61.8 Å². The zero-order chi connectivity index (χ0) is 17.2. The molecule has 0 aromatic carbocycles. The van der Waals surface area contributed by atoms with E-state index in [2.05, 4.69) is 20.5 Å². The predicted molar refractivity (Wildman–Crippen MR) is 101 cm³/mol. The van der Waals surface area contributed by atoms with Gasteiger partial charge >= 0.3 is 0 Å². The van der Waals surface area contributed by atoms with E-state index in [4.69, 9.17) is 9.73 Å². The third-order valence-corrected chi connectivity index (χ3v) is 4.96. The SMILES string of the molecule is c1ccc(CN=C(NCCCN2CCOCC2)NCC2CCC2)nc1. The van der Waals surface area contributed by atoms with Crippen LogP contribution in [0, 0.1) is 5.92 Å². The number of hydrogen-bond donors (Lipinski definition) is 2. The van der Waals surface area contributed by atoms with Crippen LogP contribution in [-0.4, -0.2) is 61.8 Å². The molecule has 2 aliphatic rings. The van der Waals surface area contributed by atoms with E-state index in [1.165, 1.54) is 19.3 Å². The number of aromatic nitrogens is 1. The highest BCUT2D eigenvalue weighted by Gasteiger charge is 2.17. The monoisotopic (exact) mass is 345 g/mol. The largest absolute Gasteiger partial charge is 0.379 e. The van der Waals surface area contributed by atoms with Crippen molar-refractivity contribution in [3.8, 4) is 0 Å². The fraction of sp³-hybridized carbons (Fsp3) is 0.684. The summed E-state index contributed by atoms with van der Waals surface area (Å²) in [6, 6.07) is 5.97. The van der Waals surface area contributed by atoms with Gasteiger partial charge in [0.1, 0.15) is 0 Å². The average Bonchev–Trinajstić information content (AvgIpc) is 2.63. The summed E-state index contributed by atoms with van der Waals surface area (Å²) < 4.78 is 5.40. The highest BCUT2D eigenvalue weighted by atomic mass is 16.5. The van der Waals surface area contributed by atoms with Crippen molar-refractivity contribution >= 4 is 5.96 Å². The Balaban J connectivity index is 1.41. The summed E-state index contributed by atoms with van der Waals surface area (Å²) in [5, 5.41) is 6.99. The molecule has 3 rings (SSSR count). The second-order valence-corrected chi connectivity index (χ2v) is 6.90. The van der Waals surface area contributed by atoms with Crippen LogP contribution in [0.5, 0.6) is 0 Å². The van der Waals surface area contributed by atoms with Crippen LogP contribution in [0.3, 0.4) is 0 Å². The molecule has 2 heterocycles. The molecule has 138 valence electrons. The number of ether oxygens (including phenoxy) is 1. The first-order valence-corrected chi connectivity index (χ1v) is 9.62. The molecule has 1 aromatic rings. The minimum absolute atomic E-state index is 0.615. The van der Waals surface area contributed by atoms with Crippen LogP contribution in [-0.2, 0) is 11.3 Å². The lowest BCUT2D eigenvalue weighted by Crippen LogP contribution is -2.42. The van der Waals surface area contributed by atoms with E-state index in [0.717, 1.165) is 69.9 Å². The van der Waals surface area contributed by atoms with Crippen LogP contribution in [0.1, 0.15) is 31.4 Å². The van der Waals surface area contributed by atoms with Crippen LogP contribution in [0.15, 0.2) is 29.4 Å². The summed E-state index contributed by atoms with van der Waals surface area (Å²) in [5.74, 6) is 1.73. The molecule has 0 amide bonds. The second-order valence-electron chi connectivity index (χ2n) is 6.90. The third kappa shape index (κ3) is 6.63. The fourth-order valence-corrected chi connectivity index (χ4v) is 3.10. The first-order chi connectivity index (χ1) is 12.4. The predicted octanol–water partition coefficient (Wildman–Crippen LogP) is 1.64. The molecule has 0 atom stereocenters. The van der Waals surface area contributed by atoms with Gasteiger partial charge in [-0.25, -0.2) is 4.99 Å². The van der Waals surface area contributed by atoms with Gasteiger partial charge in [0.05, 0.1) is 25.5 Å². The van der Waals surface area contributed by atoms with Crippen molar-refractivity contribution in [2.45, 2.75) is 32.2 Å². The zero-order valence-electron chi connectivity index (χ0n) is 15.1. The molecule has 1 aliphatic carbocycles. The van der Waals surface area contributed by atoms with Gasteiger partial charge in [0.2, 0.25) is 0 Å². The Morgan fingerprint density at radius 2 is 2.12 bits per heavy atom. The quantitative estimate of drug-likeness (QED) is 0.426. The van der Waals surface area contributed by atoms with Crippen molar-refractivity contribution in [2.75, 3.05) is 45.9 Å². The van der Waals surface area contributed by atoms with E-state index < -0.39 is 0 Å². The Bertz CT molecular complexity index is 512. The van der Waals surface area contributed by atoms with Crippen LogP contribution >= 0.6 is 0 Å². The molecule has 6 nitrogen and oxygen atoms in total. The van der Waals surface area contributed by atoms with Crippen molar-refractivity contribution in [2.24, 2.45) is 10.9 Å². The third-order valence-electron chi connectivity index (χ3n) is 4.96. The standard InChI is InChI=1S/C19H31N5O/c1-2-8-20-18(7-1)16-23-19(22-15-17-5-3-6-17)21-9-4-10-24-11-13-25-14-12-24/h1-2,7-8,17H,3-6,9-16H2,(H2,21,22,23). The first kappa shape index (κ1) is 18.1. The van der Waals surface area contributed by atoms with Crippen molar-refractivity contribution < 1.29 is 4.74 Å². The number of aliphatic imine (C=N–C) groups is 1. The molecule has 1 aromatic heterocycles. The Morgan fingerprint density at radius 3 is 2.84 bits per heavy atom. The van der Waals surface area contributed by atoms with Gasteiger partial charge in [-0.05, 0) is 43.9 Å². The molecule has 6 heteroatoms. The number of hydrogen-bond acceptors (Lipinski definition) is 4. The normalized spacial score (nSPS) is 19.4. The number of rotatable bonds is 8. The Labute approximate surface area is 151 Å². The molecule has 25 heavy (non-hydrogen) atoms. The van der Waals surface area contributed by atoms with E-state index in [9.17, 15) is 0 Å². The van der Waals surface area contributed by atoms with Crippen molar-refractivity contribution in [1.82, 2.24) is 20.5 Å². The van der Waals surface area contributed by atoms with E-state index in [1.807, 2.05) is 24.4 Å². The molecule has 0 spiro atoms. The number of pyridine rings is 1. The van der Waals surface area contributed by atoms with Crippen molar-refractivity contribution in [1.29, 1.82) is 0 Å². The first-order valence-electron chi connectivity index (χ1n) is 9.62. The van der Waals surface area contributed by atoms with Gasteiger partial charge in [-0.15, -0.1) is 0 Å². The van der Waals surface area contributed by atoms with Crippen LogP contribution in [0.2, 0.25) is 0 Å². The Morgan fingerprint density at radius 1 is 1.24 bits per heavy atom. The minimum Gasteiger partial charge on any atom is -0.379 e. The zero-order valence-corrected chi connectivity index (χ0v) is 15.1. The number of nitrogens with one attached hydrogen (secondary N) is 2. The molecule has 0 bridgehead atoms. The van der Waals surface area contributed by atoms with Crippen molar-refractivity contribution in [3.63, 3.8) is 0 Å². The maximum absolute atomic E-state index is 5.40. The van der Waals surface area contributed by atoms with E-state index in [0.29, 0.717) is 6.54 Å². The second kappa shape index (κ2) is 10.4. The lowest BCUT2D eigenvalue weighted by Gasteiger charge is -2.27. The summed E-state index contributed by atoms with van der Waals surface area (Å²) >= 11 is 0. The molecule has 1 saturated carbocycles.